The minimum atomic E-state index is -3.70. The standard InChI is InChI=1S/C20H25ClN2O3S/c1-6-19(20(24)22-16-10-13(2)9-14(3)11-16)23(27(5,25)26)17-8-7-15(4)18(21)12-17/h7-12,19H,6H2,1-5H3,(H,22,24)/t19-/m1/s1. The fraction of sp³-hybridized carbons (Fsp3) is 0.350. The minimum Gasteiger partial charge on any atom is -0.324 e. The molecule has 0 aliphatic carbocycles. The Hall–Kier alpha value is -2.05. The fourth-order valence-corrected chi connectivity index (χ4v) is 4.43. The van der Waals surface area contributed by atoms with E-state index in [1.54, 1.807) is 25.1 Å². The lowest BCUT2D eigenvalue weighted by Crippen LogP contribution is -2.47. The van der Waals surface area contributed by atoms with Crippen molar-refractivity contribution in [2.45, 2.75) is 40.2 Å². The van der Waals surface area contributed by atoms with E-state index >= 15 is 0 Å². The van der Waals surface area contributed by atoms with Gasteiger partial charge in [0.1, 0.15) is 6.04 Å². The summed E-state index contributed by atoms with van der Waals surface area (Å²) in [5.74, 6) is -0.385. The number of carbonyl (C=O) groups is 1. The molecule has 1 amide bonds. The molecule has 0 aliphatic heterocycles. The Balaban J connectivity index is 2.42. The average Bonchev–Trinajstić information content (AvgIpc) is 2.53. The predicted molar refractivity (Wildman–Crippen MR) is 112 cm³/mol. The Morgan fingerprint density at radius 2 is 1.70 bits per heavy atom. The van der Waals surface area contributed by atoms with Gasteiger partial charge in [-0.2, -0.15) is 0 Å². The Morgan fingerprint density at radius 3 is 2.19 bits per heavy atom. The number of benzene rings is 2. The van der Waals surface area contributed by atoms with E-state index < -0.39 is 16.1 Å². The number of halogens is 1. The van der Waals surface area contributed by atoms with Crippen LogP contribution < -0.4 is 9.62 Å². The topological polar surface area (TPSA) is 66.5 Å². The van der Waals surface area contributed by atoms with E-state index in [1.807, 2.05) is 39.0 Å². The molecule has 0 unspecified atom stereocenters. The van der Waals surface area contributed by atoms with Crippen LogP contribution in [0.4, 0.5) is 11.4 Å². The number of anilines is 2. The molecular weight excluding hydrogens is 384 g/mol. The van der Waals surface area contributed by atoms with Crippen molar-refractivity contribution in [3.63, 3.8) is 0 Å². The van der Waals surface area contributed by atoms with Gasteiger partial charge >= 0.3 is 0 Å². The van der Waals surface area contributed by atoms with Gasteiger partial charge in [-0.3, -0.25) is 9.10 Å². The summed E-state index contributed by atoms with van der Waals surface area (Å²) < 4.78 is 26.1. The van der Waals surface area contributed by atoms with Gasteiger partial charge in [0, 0.05) is 10.7 Å². The Labute approximate surface area is 166 Å². The number of hydrogen-bond acceptors (Lipinski definition) is 3. The molecular formula is C20H25ClN2O3S. The highest BCUT2D eigenvalue weighted by atomic mass is 35.5. The molecule has 0 fully saturated rings. The summed E-state index contributed by atoms with van der Waals surface area (Å²) in [5, 5.41) is 3.29. The SMILES string of the molecule is CC[C@H](C(=O)Nc1cc(C)cc(C)c1)N(c1ccc(C)c(Cl)c1)S(C)(=O)=O. The zero-order valence-corrected chi connectivity index (χ0v) is 17.8. The monoisotopic (exact) mass is 408 g/mol. The number of nitrogens with zero attached hydrogens (tertiary/aromatic N) is 1. The van der Waals surface area contributed by atoms with Crippen molar-refractivity contribution >= 4 is 38.9 Å². The van der Waals surface area contributed by atoms with E-state index in [4.69, 9.17) is 11.6 Å². The highest BCUT2D eigenvalue weighted by molar-refractivity contribution is 7.92. The first kappa shape index (κ1) is 21.3. The first-order chi connectivity index (χ1) is 12.5. The largest absolute Gasteiger partial charge is 0.324 e. The van der Waals surface area contributed by atoms with Crippen molar-refractivity contribution in [2.24, 2.45) is 0 Å². The van der Waals surface area contributed by atoms with Crippen molar-refractivity contribution in [1.29, 1.82) is 0 Å². The zero-order chi connectivity index (χ0) is 20.4. The third-order valence-electron chi connectivity index (χ3n) is 4.23. The van der Waals surface area contributed by atoms with Crippen LogP contribution in [0.5, 0.6) is 0 Å². The van der Waals surface area contributed by atoms with Crippen molar-refractivity contribution in [3.05, 3.63) is 58.1 Å². The number of sulfonamides is 1. The molecule has 146 valence electrons. The summed E-state index contributed by atoms with van der Waals surface area (Å²) in [5.41, 5.74) is 3.88. The third kappa shape index (κ3) is 5.23. The highest BCUT2D eigenvalue weighted by Gasteiger charge is 2.31. The van der Waals surface area contributed by atoms with E-state index in [-0.39, 0.29) is 5.91 Å². The van der Waals surface area contributed by atoms with Crippen LogP contribution in [0.25, 0.3) is 0 Å². The molecule has 5 nitrogen and oxygen atoms in total. The maximum Gasteiger partial charge on any atom is 0.248 e. The summed E-state index contributed by atoms with van der Waals surface area (Å²) in [7, 11) is -3.70. The van der Waals surface area contributed by atoms with Gasteiger partial charge in [0.15, 0.2) is 0 Å². The molecule has 7 heteroatoms. The molecule has 0 radical (unpaired) electrons. The molecule has 2 rings (SSSR count). The molecule has 0 saturated heterocycles. The molecule has 0 aliphatic rings. The van der Waals surface area contributed by atoms with Crippen LogP contribution in [0.3, 0.4) is 0 Å². The first-order valence-electron chi connectivity index (χ1n) is 8.67. The van der Waals surface area contributed by atoms with Crippen molar-refractivity contribution in [3.8, 4) is 0 Å². The summed E-state index contributed by atoms with van der Waals surface area (Å²) in [6.07, 6.45) is 1.41. The number of carbonyl (C=O) groups excluding carboxylic acids is 1. The lowest BCUT2D eigenvalue weighted by atomic mass is 10.1. The van der Waals surface area contributed by atoms with E-state index in [9.17, 15) is 13.2 Å². The van der Waals surface area contributed by atoms with Crippen LogP contribution in [0.1, 0.15) is 30.0 Å². The van der Waals surface area contributed by atoms with Crippen LogP contribution in [0.15, 0.2) is 36.4 Å². The van der Waals surface area contributed by atoms with Crippen molar-refractivity contribution in [1.82, 2.24) is 0 Å². The predicted octanol–water partition coefficient (Wildman–Crippen LogP) is 4.45. The average molecular weight is 409 g/mol. The molecule has 0 spiro atoms. The van der Waals surface area contributed by atoms with Gasteiger partial charge in [0.05, 0.1) is 11.9 Å². The van der Waals surface area contributed by atoms with E-state index in [0.717, 1.165) is 27.3 Å². The number of amides is 1. The second kappa shape index (κ2) is 8.31. The number of nitrogens with one attached hydrogen (secondary N) is 1. The first-order valence-corrected chi connectivity index (χ1v) is 10.9. The maximum absolute atomic E-state index is 12.9. The molecule has 0 aromatic heterocycles. The van der Waals surface area contributed by atoms with E-state index in [0.29, 0.717) is 22.8 Å². The lowest BCUT2D eigenvalue weighted by Gasteiger charge is -2.30. The molecule has 27 heavy (non-hydrogen) atoms. The zero-order valence-electron chi connectivity index (χ0n) is 16.2. The van der Waals surface area contributed by atoms with E-state index in [1.165, 1.54) is 0 Å². The summed E-state index contributed by atoms with van der Waals surface area (Å²) in [6.45, 7) is 7.49. The van der Waals surface area contributed by atoms with Crippen LogP contribution in [-0.2, 0) is 14.8 Å². The molecule has 2 aromatic carbocycles. The van der Waals surface area contributed by atoms with Crippen molar-refractivity contribution < 1.29 is 13.2 Å². The van der Waals surface area contributed by atoms with Gasteiger partial charge in [-0.15, -0.1) is 0 Å². The van der Waals surface area contributed by atoms with Gasteiger partial charge in [-0.1, -0.05) is 30.7 Å². The van der Waals surface area contributed by atoms with Crippen LogP contribution in [0.2, 0.25) is 5.02 Å². The second-order valence-electron chi connectivity index (χ2n) is 6.78. The molecule has 0 bridgehead atoms. The quantitative estimate of drug-likeness (QED) is 0.767. The Bertz CT molecular complexity index is 937. The lowest BCUT2D eigenvalue weighted by molar-refractivity contribution is -0.117. The van der Waals surface area contributed by atoms with Crippen LogP contribution in [0, 0.1) is 20.8 Å². The molecule has 2 aromatic rings. The Morgan fingerprint density at radius 1 is 1.11 bits per heavy atom. The van der Waals surface area contributed by atoms with Crippen molar-refractivity contribution in [2.75, 3.05) is 15.9 Å². The minimum absolute atomic E-state index is 0.315. The van der Waals surface area contributed by atoms with Gasteiger partial charge in [0.2, 0.25) is 15.9 Å². The summed E-state index contributed by atoms with van der Waals surface area (Å²) >= 11 is 6.18. The smallest absolute Gasteiger partial charge is 0.248 e. The van der Waals surface area contributed by atoms with Gasteiger partial charge in [0.25, 0.3) is 0 Å². The maximum atomic E-state index is 12.9. The second-order valence-corrected chi connectivity index (χ2v) is 9.05. The van der Waals surface area contributed by atoms with Gasteiger partial charge in [-0.25, -0.2) is 8.42 Å². The summed E-state index contributed by atoms with van der Waals surface area (Å²) in [4.78, 5) is 12.9. The molecule has 1 N–H and O–H groups in total. The number of hydrogen-bond donors (Lipinski definition) is 1. The molecule has 1 atom stereocenters. The van der Waals surface area contributed by atoms with Crippen LogP contribution >= 0.6 is 11.6 Å². The van der Waals surface area contributed by atoms with Crippen LogP contribution in [-0.4, -0.2) is 26.6 Å². The molecule has 0 saturated carbocycles. The number of rotatable bonds is 6. The normalized spacial score (nSPS) is 12.5. The Kier molecular flexibility index (Phi) is 6.54. The highest BCUT2D eigenvalue weighted by Crippen LogP contribution is 2.28. The fourth-order valence-electron chi connectivity index (χ4n) is 3.05. The van der Waals surface area contributed by atoms with Gasteiger partial charge in [-0.05, 0) is 68.1 Å². The third-order valence-corrected chi connectivity index (χ3v) is 5.82. The van der Waals surface area contributed by atoms with Gasteiger partial charge < -0.3 is 5.32 Å². The summed E-state index contributed by atoms with van der Waals surface area (Å²) in [6, 6.07) is 9.80. The van der Waals surface area contributed by atoms with E-state index in [2.05, 4.69) is 5.32 Å². The number of aryl methyl sites for hydroxylation is 3. The molecule has 0 heterocycles.